The third-order valence-electron chi connectivity index (χ3n) is 5.45. The fourth-order valence-corrected chi connectivity index (χ4v) is 3.80. The summed E-state index contributed by atoms with van der Waals surface area (Å²) in [5.41, 5.74) is 0.957. The van der Waals surface area contributed by atoms with E-state index in [1.165, 1.54) is 32.1 Å². The molecule has 4 heteroatoms. The van der Waals surface area contributed by atoms with Gasteiger partial charge in [0, 0.05) is 31.1 Å². The number of rotatable bonds is 12. The van der Waals surface area contributed by atoms with Gasteiger partial charge in [0.2, 0.25) is 11.8 Å². The Labute approximate surface area is 164 Å². The van der Waals surface area contributed by atoms with Crippen LogP contribution in [0.3, 0.4) is 0 Å². The molecule has 150 valence electrons. The molecule has 4 nitrogen and oxygen atoms in total. The molecule has 0 saturated heterocycles. The van der Waals surface area contributed by atoms with Crippen LogP contribution < -0.4 is 10.2 Å². The number of unbranched alkanes of at least 4 members (excludes halogenated alkanes) is 4. The van der Waals surface area contributed by atoms with Gasteiger partial charge in [-0.05, 0) is 37.8 Å². The highest BCUT2D eigenvalue weighted by atomic mass is 16.2. The molecule has 27 heavy (non-hydrogen) atoms. The van der Waals surface area contributed by atoms with Gasteiger partial charge in [0.25, 0.3) is 0 Å². The van der Waals surface area contributed by atoms with Gasteiger partial charge in [-0.1, -0.05) is 63.6 Å². The summed E-state index contributed by atoms with van der Waals surface area (Å²) in [6, 6.07) is 9.90. The highest BCUT2D eigenvalue weighted by Crippen LogP contribution is 2.24. The first kappa shape index (κ1) is 21.5. The molecule has 1 N–H and O–H groups in total. The van der Waals surface area contributed by atoms with Gasteiger partial charge in [-0.3, -0.25) is 9.59 Å². The Hall–Kier alpha value is -1.84. The summed E-state index contributed by atoms with van der Waals surface area (Å²) in [6.45, 7) is 3.50. The summed E-state index contributed by atoms with van der Waals surface area (Å²) in [6.07, 6.45) is 11.6. The van der Waals surface area contributed by atoms with Crippen molar-refractivity contribution in [2.75, 3.05) is 18.0 Å². The van der Waals surface area contributed by atoms with Crippen molar-refractivity contribution in [1.29, 1.82) is 0 Å². The quantitative estimate of drug-likeness (QED) is 0.520. The molecule has 1 saturated carbocycles. The number of hydrogen-bond acceptors (Lipinski definition) is 2. The maximum absolute atomic E-state index is 12.8. The largest absolute Gasteiger partial charge is 0.356 e. The van der Waals surface area contributed by atoms with Crippen LogP contribution in [0.15, 0.2) is 30.3 Å². The van der Waals surface area contributed by atoms with E-state index in [-0.39, 0.29) is 17.7 Å². The Morgan fingerprint density at radius 2 is 1.70 bits per heavy atom. The van der Waals surface area contributed by atoms with Gasteiger partial charge >= 0.3 is 0 Å². The summed E-state index contributed by atoms with van der Waals surface area (Å²) >= 11 is 0. The van der Waals surface area contributed by atoms with Gasteiger partial charge in [-0.2, -0.15) is 0 Å². The number of anilines is 1. The Bertz CT molecular complexity index is 553. The van der Waals surface area contributed by atoms with Gasteiger partial charge in [0.1, 0.15) is 0 Å². The number of hydrogen-bond donors (Lipinski definition) is 1. The van der Waals surface area contributed by atoms with Crippen LogP contribution in [0.1, 0.15) is 77.6 Å². The molecule has 1 aliphatic rings. The summed E-state index contributed by atoms with van der Waals surface area (Å²) in [5.74, 6) is 0.598. The molecule has 1 aromatic carbocycles. The second-order valence-corrected chi connectivity index (χ2v) is 7.67. The molecule has 1 aliphatic carbocycles. The molecule has 0 heterocycles. The fraction of sp³-hybridized carbons (Fsp3) is 0.652. The number of nitrogens with zero attached hydrogens (tertiary/aromatic N) is 1. The zero-order chi connectivity index (χ0) is 19.3. The summed E-state index contributed by atoms with van der Waals surface area (Å²) in [5, 5.41) is 3.06. The van der Waals surface area contributed by atoms with Crippen molar-refractivity contribution in [3.63, 3.8) is 0 Å². The Balaban J connectivity index is 1.78. The predicted molar refractivity (Wildman–Crippen MR) is 112 cm³/mol. The van der Waals surface area contributed by atoms with E-state index in [1.807, 2.05) is 35.2 Å². The van der Waals surface area contributed by atoms with Gasteiger partial charge in [0.15, 0.2) is 0 Å². The second-order valence-electron chi connectivity index (χ2n) is 7.67. The van der Waals surface area contributed by atoms with Crippen LogP contribution in [0.25, 0.3) is 0 Å². The smallest absolute Gasteiger partial charge is 0.226 e. The standard InChI is InChI=1S/C23H36N2O2/c1-2-3-4-5-9-17-22(26)25(21-15-7-6-8-16-21)19-12-18-24-23(27)20-13-10-11-14-20/h6-8,15-16,20H,2-5,9-14,17-19H2,1H3,(H,24,27). The van der Waals surface area contributed by atoms with Crippen molar-refractivity contribution in [3.05, 3.63) is 30.3 Å². The first-order chi connectivity index (χ1) is 13.2. The molecule has 2 amide bonds. The van der Waals surface area contributed by atoms with Gasteiger partial charge < -0.3 is 10.2 Å². The van der Waals surface area contributed by atoms with Crippen molar-refractivity contribution in [2.24, 2.45) is 5.92 Å². The molecular formula is C23H36N2O2. The van der Waals surface area contributed by atoms with E-state index < -0.39 is 0 Å². The maximum Gasteiger partial charge on any atom is 0.226 e. The summed E-state index contributed by atoms with van der Waals surface area (Å²) < 4.78 is 0. The van der Waals surface area contributed by atoms with Gasteiger partial charge in [-0.15, -0.1) is 0 Å². The fourth-order valence-electron chi connectivity index (χ4n) is 3.80. The summed E-state index contributed by atoms with van der Waals surface area (Å²) in [7, 11) is 0. The minimum atomic E-state index is 0.194. The Morgan fingerprint density at radius 3 is 2.41 bits per heavy atom. The molecule has 2 rings (SSSR count). The molecule has 1 aromatic rings. The minimum absolute atomic E-state index is 0.194. The molecule has 0 aromatic heterocycles. The lowest BCUT2D eigenvalue weighted by molar-refractivity contribution is -0.124. The Kier molecular flexibility index (Phi) is 9.96. The monoisotopic (exact) mass is 372 g/mol. The van der Waals surface area contributed by atoms with Crippen molar-refractivity contribution in [2.45, 2.75) is 77.6 Å². The van der Waals surface area contributed by atoms with E-state index in [9.17, 15) is 9.59 Å². The van der Waals surface area contributed by atoms with E-state index in [0.717, 1.165) is 37.8 Å². The maximum atomic E-state index is 12.8. The van der Waals surface area contributed by atoms with E-state index in [4.69, 9.17) is 0 Å². The summed E-state index contributed by atoms with van der Waals surface area (Å²) in [4.78, 5) is 26.8. The van der Waals surface area contributed by atoms with Gasteiger partial charge in [0.05, 0.1) is 0 Å². The lowest BCUT2D eigenvalue weighted by Gasteiger charge is -2.23. The van der Waals surface area contributed by atoms with Crippen LogP contribution in [0.4, 0.5) is 5.69 Å². The topological polar surface area (TPSA) is 49.4 Å². The first-order valence-electron chi connectivity index (χ1n) is 10.9. The van der Waals surface area contributed by atoms with Crippen LogP contribution in [-0.4, -0.2) is 24.9 Å². The van der Waals surface area contributed by atoms with E-state index in [1.54, 1.807) is 0 Å². The van der Waals surface area contributed by atoms with Crippen LogP contribution in [0, 0.1) is 5.92 Å². The highest BCUT2D eigenvalue weighted by molar-refractivity contribution is 5.93. The van der Waals surface area contributed by atoms with Crippen molar-refractivity contribution in [1.82, 2.24) is 5.32 Å². The minimum Gasteiger partial charge on any atom is -0.356 e. The molecule has 0 spiro atoms. The lowest BCUT2D eigenvalue weighted by atomic mass is 10.1. The number of carbonyl (C=O) groups is 2. The normalized spacial score (nSPS) is 14.3. The third-order valence-corrected chi connectivity index (χ3v) is 5.45. The van der Waals surface area contributed by atoms with Gasteiger partial charge in [-0.25, -0.2) is 0 Å². The third kappa shape index (κ3) is 7.74. The molecule has 0 unspecified atom stereocenters. The molecule has 0 radical (unpaired) electrons. The second kappa shape index (κ2) is 12.5. The average molecular weight is 373 g/mol. The van der Waals surface area contributed by atoms with Crippen molar-refractivity contribution >= 4 is 17.5 Å². The first-order valence-corrected chi connectivity index (χ1v) is 10.9. The van der Waals surface area contributed by atoms with Crippen LogP contribution in [0.5, 0.6) is 0 Å². The lowest BCUT2D eigenvalue weighted by Crippen LogP contribution is -2.35. The molecule has 1 fully saturated rings. The van der Waals surface area contributed by atoms with E-state index >= 15 is 0 Å². The SMILES string of the molecule is CCCCCCCC(=O)N(CCCNC(=O)C1CCCC1)c1ccccc1. The average Bonchev–Trinajstić information content (AvgIpc) is 3.23. The number of amides is 2. The number of benzene rings is 1. The van der Waals surface area contributed by atoms with E-state index in [2.05, 4.69) is 12.2 Å². The molecule has 0 aliphatic heterocycles. The van der Waals surface area contributed by atoms with Crippen molar-refractivity contribution in [3.8, 4) is 0 Å². The number of carbonyl (C=O) groups excluding carboxylic acids is 2. The zero-order valence-electron chi connectivity index (χ0n) is 16.9. The predicted octanol–water partition coefficient (Wildman–Crippen LogP) is 5.08. The molecule has 0 bridgehead atoms. The van der Waals surface area contributed by atoms with Crippen LogP contribution in [0.2, 0.25) is 0 Å². The number of para-hydroxylation sites is 1. The van der Waals surface area contributed by atoms with E-state index in [0.29, 0.717) is 19.5 Å². The van der Waals surface area contributed by atoms with Crippen LogP contribution in [-0.2, 0) is 9.59 Å². The zero-order valence-corrected chi connectivity index (χ0v) is 16.9. The molecule has 0 atom stereocenters. The highest BCUT2D eigenvalue weighted by Gasteiger charge is 2.22. The Morgan fingerprint density at radius 1 is 1.00 bits per heavy atom. The van der Waals surface area contributed by atoms with Crippen LogP contribution >= 0.6 is 0 Å². The molecular weight excluding hydrogens is 336 g/mol. The number of nitrogens with one attached hydrogen (secondary N) is 1. The van der Waals surface area contributed by atoms with Crippen molar-refractivity contribution < 1.29 is 9.59 Å².